The van der Waals surface area contributed by atoms with E-state index >= 15 is 0 Å². The Morgan fingerprint density at radius 3 is 3.00 bits per heavy atom. The van der Waals surface area contributed by atoms with E-state index in [2.05, 4.69) is 15.1 Å². The van der Waals surface area contributed by atoms with Gasteiger partial charge in [0.05, 0.1) is 22.5 Å². The maximum atomic E-state index is 12.7. The third-order valence-electron chi connectivity index (χ3n) is 4.91. The number of aliphatic hydroxyl groups excluding tert-OH is 1. The van der Waals surface area contributed by atoms with Gasteiger partial charge < -0.3 is 19.4 Å². The van der Waals surface area contributed by atoms with Crippen molar-refractivity contribution in [1.29, 1.82) is 0 Å². The number of rotatable bonds is 3. The number of hydrogen-bond acceptors (Lipinski definition) is 6. The Kier molecular flexibility index (Phi) is 3.41. The number of aromatic amines is 1. The quantitative estimate of drug-likeness (QED) is 0.577. The number of nitrogens with zero attached hydrogens (tertiary/aromatic N) is 3. The lowest BCUT2D eigenvalue weighted by Gasteiger charge is -2.26. The summed E-state index contributed by atoms with van der Waals surface area (Å²) in [6.45, 7) is 1.80. The summed E-state index contributed by atoms with van der Waals surface area (Å²) in [6, 6.07) is 8.94. The van der Waals surface area contributed by atoms with Gasteiger partial charge in [-0.05, 0) is 31.2 Å². The maximum Gasteiger partial charge on any atom is 0.327 e. The van der Waals surface area contributed by atoms with Crippen LogP contribution in [0.5, 0.6) is 5.75 Å². The van der Waals surface area contributed by atoms with Crippen LogP contribution in [0.25, 0.3) is 22.2 Å². The third-order valence-corrected chi connectivity index (χ3v) is 4.91. The summed E-state index contributed by atoms with van der Waals surface area (Å²) >= 11 is 0. The molecule has 0 bridgehead atoms. The fraction of sp³-hybridized carbons (Fsp3) is 0.211. The Morgan fingerprint density at radius 2 is 2.22 bits per heavy atom. The molecule has 0 aliphatic carbocycles. The molecule has 8 nitrogen and oxygen atoms in total. The molecule has 1 atom stereocenters. The van der Waals surface area contributed by atoms with Gasteiger partial charge in [-0.15, -0.1) is 0 Å². The van der Waals surface area contributed by atoms with Gasteiger partial charge in [-0.25, -0.2) is 4.79 Å². The number of nitrogens with one attached hydrogen (secondary N) is 1. The summed E-state index contributed by atoms with van der Waals surface area (Å²) in [5.74, 6) is 0.932. The molecule has 27 heavy (non-hydrogen) atoms. The zero-order chi connectivity index (χ0) is 18.5. The summed E-state index contributed by atoms with van der Waals surface area (Å²) < 4.78 is 13.0. The predicted octanol–water partition coefficient (Wildman–Crippen LogP) is 2.16. The van der Waals surface area contributed by atoms with Gasteiger partial charge >= 0.3 is 5.69 Å². The smallest absolute Gasteiger partial charge is 0.327 e. The highest BCUT2D eigenvalue weighted by atomic mass is 16.5. The average Bonchev–Trinajstić information content (AvgIpc) is 3.24. The van der Waals surface area contributed by atoms with Crippen molar-refractivity contribution in [3.8, 4) is 16.9 Å². The number of aryl methyl sites for hydroxylation is 1. The monoisotopic (exact) mass is 364 g/mol. The molecule has 1 aliphatic rings. The lowest BCUT2D eigenvalue weighted by molar-refractivity contribution is 0.229. The van der Waals surface area contributed by atoms with Crippen LogP contribution < -0.4 is 10.4 Å². The fourth-order valence-electron chi connectivity index (χ4n) is 3.73. The van der Waals surface area contributed by atoms with Crippen molar-refractivity contribution in [2.24, 2.45) is 0 Å². The molecule has 1 aliphatic heterocycles. The van der Waals surface area contributed by atoms with Gasteiger partial charge in [0.2, 0.25) is 0 Å². The molecule has 2 N–H and O–H groups in total. The van der Waals surface area contributed by atoms with E-state index < -0.39 is 0 Å². The zero-order valence-electron chi connectivity index (χ0n) is 14.5. The van der Waals surface area contributed by atoms with Crippen molar-refractivity contribution in [2.45, 2.75) is 19.6 Å². The highest BCUT2D eigenvalue weighted by Crippen LogP contribution is 2.42. The molecule has 0 fully saturated rings. The van der Waals surface area contributed by atoms with E-state index in [0.717, 1.165) is 11.3 Å². The standard InChI is InChI=1S/C19H16N4O4/c1-10-16(15(8-24)27-22-10)11-5-6-13-17-18(11)26-9-14(23(17)19(25)21-13)12-4-2-3-7-20-12/h2-7,14,24H,8-9H2,1H3,(H,21,25). The molecule has 8 heteroatoms. The van der Waals surface area contributed by atoms with Gasteiger partial charge in [0.25, 0.3) is 0 Å². The molecule has 4 aromatic rings. The molecule has 0 amide bonds. The summed E-state index contributed by atoms with van der Waals surface area (Å²) in [4.78, 5) is 20.0. The van der Waals surface area contributed by atoms with Crippen molar-refractivity contribution in [1.82, 2.24) is 19.7 Å². The molecular formula is C19H16N4O4. The first-order valence-corrected chi connectivity index (χ1v) is 8.56. The summed E-state index contributed by atoms with van der Waals surface area (Å²) in [6.07, 6.45) is 1.70. The number of H-pyrrole nitrogens is 1. The van der Waals surface area contributed by atoms with Crippen LogP contribution in [-0.4, -0.2) is 31.4 Å². The Labute approximate surface area is 153 Å². The van der Waals surface area contributed by atoms with Gasteiger partial charge in [-0.1, -0.05) is 11.2 Å². The first kappa shape index (κ1) is 15.8. The Bertz CT molecular complexity index is 1210. The summed E-state index contributed by atoms with van der Waals surface area (Å²) in [5, 5.41) is 13.5. The van der Waals surface area contributed by atoms with Crippen LogP contribution in [0.4, 0.5) is 0 Å². The Morgan fingerprint density at radius 1 is 1.33 bits per heavy atom. The van der Waals surface area contributed by atoms with Crippen molar-refractivity contribution in [3.63, 3.8) is 0 Å². The molecule has 5 rings (SSSR count). The number of imidazole rings is 1. The number of aromatic nitrogens is 4. The fourth-order valence-corrected chi connectivity index (χ4v) is 3.73. The van der Waals surface area contributed by atoms with Gasteiger partial charge in [0.1, 0.15) is 24.8 Å². The molecule has 3 aromatic heterocycles. The van der Waals surface area contributed by atoms with E-state index in [1.807, 2.05) is 30.3 Å². The van der Waals surface area contributed by atoms with Crippen LogP contribution in [0.3, 0.4) is 0 Å². The van der Waals surface area contributed by atoms with Crippen molar-refractivity contribution in [3.05, 3.63) is 64.2 Å². The van der Waals surface area contributed by atoms with E-state index in [9.17, 15) is 9.90 Å². The van der Waals surface area contributed by atoms with Gasteiger partial charge in [0, 0.05) is 11.8 Å². The molecule has 0 saturated heterocycles. The first-order valence-electron chi connectivity index (χ1n) is 8.56. The van der Waals surface area contributed by atoms with Crippen LogP contribution in [-0.2, 0) is 6.61 Å². The minimum absolute atomic E-state index is 0.216. The number of pyridine rings is 1. The summed E-state index contributed by atoms with van der Waals surface area (Å²) in [5.41, 5.74) is 3.96. The molecule has 1 unspecified atom stereocenters. The predicted molar refractivity (Wildman–Crippen MR) is 96.6 cm³/mol. The van der Waals surface area contributed by atoms with E-state index in [1.165, 1.54) is 0 Å². The Balaban J connectivity index is 1.79. The molecule has 0 spiro atoms. The largest absolute Gasteiger partial charge is 0.488 e. The van der Waals surface area contributed by atoms with Crippen molar-refractivity contribution < 1.29 is 14.4 Å². The molecule has 0 radical (unpaired) electrons. The molecular weight excluding hydrogens is 348 g/mol. The van der Waals surface area contributed by atoms with E-state index in [4.69, 9.17) is 9.26 Å². The number of aliphatic hydroxyl groups is 1. The van der Waals surface area contributed by atoms with Crippen LogP contribution in [0.1, 0.15) is 23.2 Å². The number of hydrogen-bond donors (Lipinski definition) is 2. The van der Waals surface area contributed by atoms with Crippen molar-refractivity contribution >= 4 is 11.0 Å². The van der Waals surface area contributed by atoms with Gasteiger partial charge in [0.15, 0.2) is 11.5 Å². The zero-order valence-corrected chi connectivity index (χ0v) is 14.5. The number of ether oxygens (including phenoxy) is 1. The van der Waals surface area contributed by atoms with Crippen LogP contribution in [0, 0.1) is 6.92 Å². The lowest BCUT2D eigenvalue weighted by atomic mass is 10.0. The minimum Gasteiger partial charge on any atom is -0.488 e. The van der Waals surface area contributed by atoms with Gasteiger partial charge in [-0.2, -0.15) is 0 Å². The number of benzene rings is 1. The molecule has 0 saturated carbocycles. The second kappa shape index (κ2) is 5.82. The van der Waals surface area contributed by atoms with Crippen molar-refractivity contribution in [2.75, 3.05) is 6.61 Å². The van der Waals surface area contributed by atoms with Crippen LogP contribution in [0.15, 0.2) is 45.8 Å². The Hall–Kier alpha value is -3.39. The molecule has 1 aromatic carbocycles. The highest BCUT2D eigenvalue weighted by Gasteiger charge is 2.31. The third kappa shape index (κ3) is 2.23. The minimum atomic E-state index is -0.323. The lowest BCUT2D eigenvalue weighted by Crippen LogP contribution is -2.31. The van der Waals surface area contributed by atoms with E-state index in [0.29, 0.717) is 33.8 Å². The topological polar surface area (TPSA) is 106 Å². The van der Waals surface area contributed by atoms with Crippen LogP contribution in [0.2, 0.25) is 0 Å². The second-order valence-electron chi connectivity index (χ2n) is 6.44. The van der Waals surface area contributed by atoms with E-state index in [-0.39, 0.29) is 24.9 Å². The maximum absolute atomic E-state index is 12.7. The second-order valence-corrected chi connectivity index (χ2v) is 6.44. The molecule has 136 valence electrons. The first-order chi connectivity index (χ1) is 13.2. The highest BCUT2D eigenvalue weighted by molar-refractivity contribution is 5.92. The van der Waals surface area contributed by atoms with Gasteiger partial charge in [-0.3, -0.25) is 9.55 Å². The van der Waals surface area contributed by atoms with Crippen LogP contribution >= 0.6 is 0 Å². The SMILES string of the molecule is Cc1noc(CO)c1-c1ccc2[nH]c(=O)n3c2c1OCC3c1ccccn1. The normalized spacial score (nSPS) is 15.9. The van der Waals surface area contributed by atoms with E-state index in [1.54, 1.807) is 17.7 Å². The molecule has 4 heterocycles. The average molecular weight is 364 g/mol. The summed E-state index contributed by atoms with van der Waals surface area (Å²) in [7, 11) is 0.